The van der Waals surface area contributed by atoms with Gasteiger partial charge in [-0.15, -0.1) is 0 Å². The van der Waals surface area contributed by atoms with Gasteiger partial charge in [-0.05, 0) is 43.0 Å². The largest absolute Gasteiger partial charge is 0.468 e. The number of hydrogen-bond acceptors (Lipinski definition) is 4. The molecule has 5 nitrogen and oxygen atoms in total. The van der Waals surface area contributed by atoms with Gasteiger partial charge < -0.3 is 20.4 Å². The summed E-state index contributed by atoms with van der Waals surface area (Å²) in [5, 5.41) is 11.4. The van der Waals surface area contributed by atoms with Crippen molar-refractivity contribution >= 4 is 5.84 Å². The van der Waals surface area contributed by atoms with Crippen molar-refractivity contribution in [3.63, 3.8) is 0 Å². The maximum absolute atomic E-state index is 8.50. The van der Waals surface area contributed by atoms with Crippen molar-refractivity contribution in [2.75, 3.05) is 13.4 Å². The molecule has 0 atom stereocenters. The molecule has 2 rings (SSSR count). The van der Waals surface area contributed by atoms with Crippen LogP contribution < -0.4 is 10.5 Å². The van der Waals surface area contributed by atoms with Gasteiger partial charge in [-0.1, -0.05) is 5.16 Å². The lowest BCUT2D eigenvalue weighted by Gasteiger charge is -2.07. The van der Waals surface area contributed by atoms with Crippen molar-refractivity contribution in [1.29, 1.82) is 0 Å². The van der Waals surface area contributed by atoms with Crippen molar-refractivity contribution < 1.29 is 14.7 Å². The highest BCUT2D eigenvalue weighted by Crippen LogP contribution is 2.28. The first kappa shape index (κ1) is 11.7. The third-order valence-corrected chi connectivity index (χ3v) is 2.62. The third-order valence-electron chi connectivity index (χ3n) is 2.62. The molecule has 3 N–H and O–H groups in total. The normalized spacial score (nSPS) is 15.9. The Bertz CT molecular complexity index is 385. The lowest BCUT2D eigenvalue weighted by Crippen LogP contribution is -2.12. The molecule has 0 saturated heterocycles. The molecule has 0 aromatic heterocycles. The zero-order chi connectivity index (χ0) is 12.1. The lowest BCUT2D eigenvalue weighted by atomic mass is 10.2. The van der Waals surface area contributed by atoms with Crippen molar-refractivity contribution in [1.82, 2.24) is 0 Å². The summed E-state index contributed by atoms with van der Waals surface area (Å²) in [6.45, 7) is 1.04. The highest BCUT2D eigenvalue weighted by molar-refractivity contribution is 5.97. The van der Waals surface area contributed by atoms with Gasteiger partial charge in [-0.25, -0.2) is 0 Å². The first-order valence-electron chi connectivity index (χ1n) is 5.58. The number of nitrogens with two attached hydrogens (primary N) is 1. The van der Waals surface area contributed by atoms with E-state index in [0.29, 0.717) is 11.3 Å². The van der Waals surface area contributed by atoms with E-state index >= 15 is 0 Å². The molecule has 0 heterocycles. The SMILES string of the molecule is N/C(=N/O)c1ccc(OCOCC2CC2)cc1. The van der Waals surface area contributed by atoms with Crippen LogP contribution in [0.2, 0.25) is 0 Å². The molecule has 0 aliphatic heterocycles. The Labute approximate surface area is 99.8 Å². The number of rotatable bonds is 6. The highest BCUT2D eigenvalue weighted by atomic mass is 16.7. The maximum atomic E-state index is 8.50. The highest BCUT2D eigenvalue weighted by Gasteiger charge is 2.21. The van der Waals surface area contributed by atoms with E-state index in [1.54, 1.807) is 24.3 Å². The second kappa shape index (κ2) is 5.54. The fourth-order valence-electron chi connectivity index (χ4n) is 1.39. The fourth-order valence-corrected chi connectivity index (χ4v) is 1.39. The Balaban J connectivity index is 1.76. The lowest BCUT2D eigenvalue weighted by molar-refractivity contribution is 0.00998. The van der Waals surface area contributed by atoms with Crippen LogP contribution in [0.3, 0.4) is 0 Å². The molecule has 0 unspecified atom stereocenters. The van der Waals surface area contributed by atoms with Crippen LogP contribution in [0.1, 0.15) is 18.4 Å². The van der Waals surface area contributed by atoms with Crippen LogP contribution in [0.25, 0.3) is 0 Å². The van der Waals surface area contributed by atoms with Crippen LogP contribution in [-0.4, -0.2) is 24.4 Å². The van der Waals surface area contributed by atoms with E-state index in [-0.39, 0.29) is 12.6 Å². The van der Waals surface area contributed by atoms with Crippen molar-refractivity contribution in [2.45, 2.75) is 12.8 Å². The molecule has 1 saturated carbocycles. The quantitative estimate of drug-likeness (QED) is 0.196. The molecule has 1 aromatic carbocycles. The number of ether oxygens (including phenoxy) is 2. The monoisotopic (exact) mass is 236 g/mol. The van der Waals surface area contributed by atoms with Gasteiger partial charge in [-0.2, -0.15) is 0 Å². The van der Waals surface area contributed by atoms with Crippen LogP contribution in [-0.2, 0) is 4.74 Å². The van der Waals surface area contributed by atoms with Crippen molar-refractivity contribution in [3.05, 3.63) is 29.8 Å². The Hall–Kier alpha value is -1.75. The zero-order valence-corrected chi connectivity index (χ0v) is 9.50. The second-order valence-electron chi connectivity index (χ2n) is 4.09. The van der Waals surface area contributed by atoms with E-state index in [1.165, 1.54) is 12.8 Å². The number of oxime groups is 1. The minimum absolute atomic E-state index is 0.0848. The Morgan fingerprint density at radius 2 is 2.06 bits per heavy atom. The number of hydrogen-bond donors (Lipinski definition) is 2. The molecule has 5 heteroatoms. The van der Waals surface area contributed by atoms with Crippen LogP contribution in [0.15, 0.2) is 29.4 Å². The third kappa shape index (κ3) is 3.64. The van der Waals surface area contributed by atoms with E-state index in [4.69, 9.17) is 20.4 Å². The van der Waals surface area contributed by atoms with Crippen LogP contribution >= 0.6 is 0 Å². The fraction of sp³-hybridized carbons (Fsp3) is 0.417. The Kier molecular flexibility index (Phi) is 3.82. The summed E-state index contributed by atoms with van der Waals surface area (Å²) in [5.41, 5.74) is 6.09. The summed E-state index contributed by atoms with van der Waals surface area (Å²) in [6, 6.07) is 6.97. The van der Waals surface area contributed by atoms with Crippen molar-refractivity contribution in [3.8, 4) is 5.75 Å². The number of amidine groups is 1. The predicted molar refractivity (Wildman–Crippen MR) is 63.1 cm³/mol. The van der Waals surface area contributed by atoms with Crippen molar-refractivity contribution in [2.24, 2.45) is 16.8 Å². The molecule has 1 aliphatic carbocycles. The second-order valence-corrected chi connectivity index (χ2v) is 4.09. The van der Waals surface area contributed by atoms with E-state index < -0.39 is 0 Å². The Morgan fingerprint density at radius 1 is 1.35 bits per heavy atom. The maximum Gasteiger partial charge on any atom is 0.189 e. The van der Waals surface area contributed by atoms with Crippen LogP contribution in [0.5, 0.6) is 5.75 Å². The van der Waals surface area contributed by atoms with Gasteiger partial charge in [0.1, 0.15) is 5.75 Å². The van der Waals surface area contributed by atoms with Crippen LogP contribution in [0, 0.1) is 5.92 Å². The average Bonchev–Trinajstić information content (AvgIpc) is 3.18. The van der Waals surface area contributed by atoms with E-state index in [2.05, 4.69) is 5.16 Å². The Morgan fingerprint density at radius 3 is 2.65 bits per heavy atom. The summed E-state index contributed by atoms with van der Waals surface area (Å²) < 4.78 is 10.7. The molecular weight excluding hydrogens is 220 g/mol. The molecule has 0 bridgehead atoms. The van der Waals surface area contributed by atoms with Gasteiger partial charge in [-0.3, -0.25) is 0 Å². The average molecular weight is 236 g/mol. The van der Waals surface area contributed by atoms with E-state index in [0.717, 1.165) is 12.5 Å². The predicted octanol–water partition coefficient (Wildman–Crippen LogP) is 1.54. The molecule has 1 fully saturated rings. The minimum Gasteiger partial charge on any atom is -0.468 e. The van der Waals surface area contributed by atoms with Gasteiger partial charge in [0.05, 0.1) is 6.61 Å². The van der Waals surface area contributed by atoms with Gasteiger partial charge in [0.2, 0.25) is 0 Å². The standard InChI is InChI=1S/C12H16N2O3/c13-12(14-15)10-3-5-11(6-4-10)17-8-16-7-9-1-2-9/h3-6,9,15H,1-2,7-8H2,(H2,13,14). The first-order chi connectivity index (χ1) is 8.29. The van der Waals surface area contributed by atoms with Gasteiger partial charge in [0, 0.05) is 5.56 Å². The zero-order valence-electron chi connectivity index (χ0n) is 9.50. The molecule has 17 heavy (non-hydrogen) atoms. The number of benzene rings is 1. The topological polar surface area (TPSA) is 77.1 Å². The summed E-state index contributed by atoms with van der Waals surface area (Å²) in [5.74, 6) is 1.53. The molecule has 0 amide bonds. The molecule has 0 radical (unpaired) electrons. The van der Waals surface area contributed by atoms with Gasteiger partial charge in [0.15, 0.2) is 12.6 Å². The minimum atomic E-state index is 0.0848. The van der Waals surface area contributed by atoms with Gasteiger partial charge >= 0.3 is 0 Å². The molecule has 92 valence electrons. The molecule has 1 aromatic rings. The summed E-state index contributed by atoms with van der Waals surface area (Å²) >= 11 is 0. The molecule has 0 spiro atoms. The smallest absolute Gasteiger partial charge is 0.189 e. The summed E-state index contributed by atoms with van der Waals surface area (Å²) in [6.07, 6.45) is 2.54. The molecular formula is C12H16N2O3. The number of nitrogens with zero attached hydrogens (tertiary/aromatic N) is 1. The summed E-state index contributed by atoms with van der Waals surface area (Å²) in [7, 11) is 0. The van der Waals surface area contributed by atoms with E-state index in [9.17, 15) is 0 Å². The van der Waals surface area contributed by atoms with Gasteiger partial charge in [0.25, 0.3) is 0 Å². The summed E-state index contributed by atoms with van der Waals surface area (Å²) in [4.78, 5) is 0. The molecule has 1 aliphatic rings. The van der Waals surface area contributed by atoms with Crippen LogP contribution in [0.4, 0.5) is 0 Å². The first-order valence-corrected chi connectivity index (χ1v) is 5.58. The van der Waals surface area contributed by atoms with E-state index in [1.807, 2.05) is 0 Å².